The molecule has 5 nitrogen and oxygen atoms in total. The van der Waals surface area contributed by atoms with Gasteiger partial charge in [0.15, 0.2) is 6.61 Å². The van der Waals surface area contributed by atoms with Crippen molar-refractivity contribution in [3.8, 4) is 5.75 Å². The van der Waals surface area contributed by atoms with Crippen LogP contribution in [0, 0.1) is 0 Å². The molecule has 0 saturated heterocycles. The van der Waals surface area contributed by atoms with E-state index in [2.05, 4.69) is 26.8 Å². The summed E-state index contributed by atoms with van der Waals surface area (Å²) in [4.78, 5) is 23.5. The molecule has 2 amide bonds. The fourth-order valence-corrected chi connectivity index (χ4v) is 2.88. The van der Waals surface area contributed by atoms with Crippen molar-refractivity contribution >= 4 is 50.9 Å². The summed E-state index contributed by atoms with van der Waals surface area (Å²) in [5, 5.41) is 0.991. The topological polar surface area (TPSA) is 67.4 Å². The lowest BCUT2D eigenvalue weighted by atomic mass is 10.1. The highest BCUT2D eigenvalue weighted by Crippen LogP contribution is 2.27. The maximum Gasteiger partial charge on any atom is 0.276 e. The van der Waals surface area contributed by atoms with Crippen LogP contribution in [0.15, 0.2) is 46.9 Å². The summed E-state index contributed by atoms with van der Waals surface area (Å²) >= 11 is 15.3. The Kier molecular flexibility index (Phi) is 7.55. The van der Waals surface area contributed by atoms with Gasteiger partial charge in [0.1, 0.15) is 5.75 Å². The highest BCUT2D eigenvalue weighted by atomic mass is 79.9. The average Bonchev–Trinajstić information content (AvgIpc) is 2.58. The molecule has 0 aliphatic heterocycles. The van der Waals surface area contributed by atoms with Crippen LogP contribution in [0.2, 0.25) is 10.0 Å². The number of rotatable bonds is 6. The molecule has 0 aliphatic carbocycles. The van der Waals surface area contributed by atoms with Gasteiger partial charge in [-0.2, -0.15) is 0 Å². The van der Waals surface area contributed by atoms with Crippen LogP contribution < -0.4 is 15.6 Å². The van der Waals surface area contributed by atoms with Gasteiger partial charge in [0.25, 0.3) is 5.91 Å². The lowest BCUT2D eigenvalue weighted by Crippen LogP contribution is -2.43. The van der Waals surface area contributed by atoms with E-state index in [0.717, 1.165) is 10.0 Å². The third-order valence-electron chi connectivity index (χ3n) is 3.17. The molecule has 0 aromatic heterocycles. The van der Waals surface area contributed by atoms with Crippen molar-refractivity contribution in [2.24, 2.45) is 0 Å². The van der Waals surface area contributed by atoms with E-state index >= 15 is 0 Å². The minimum Gasteiger partial charge on any atom is -0.482 e. The first-order valence-corrected chi connectivity index (χ1v) is 8.89. The summed E-state index contributed by atoms with van der Waals surface area (Å²) < 4.78 is 6.10. The smallest absolute Gasteiger partial charge is 0.276 e. The van der Waals surface area contributed by atoms with E-state index in [0.29, 0.717) is 22.2 Å². The molecule has 25 heavy (non-hydrogen) atoms. The third-order valence-corrected chi connectivity index (χ3v) is 4.33. The summed E-state index contributed by atoms with van der Waals surface area (Å²) in [6.45, 7) is -0.272. The summed E-state index contributed by atoms with van der Waals surface area (Å²) in [5.41, 5.74) is 5.49. The van der Waals surface area contributed by atoms with Gasteiger partial charge in [-0.1, -0.05) is 57.3 Å². The normalized spacial score (nSPS) is 10.2. The first-order chi connectivity index (χ1) is 12.0. The van der Waals surface area contributed by atoms with Gasteiger partial charge in [-0.05, 0) is 36.2 Å². The van der Waals surface area contributed by atoms with Gasteiger partial charge in [-0.25, -0.2) is 0 Å². The maximum absolute atomic E-state index is 11.8. The lowest BCUT2D eigenvalue weighted by Gasteiger charge is -2.10. The summed E-state index contributed by atoms with van der Waals surface area (Å²) in [5.74, 6) is -0.440. The molecule has 0 heterocycles. The zero-order valence-corrected chi connectivity index (χ0v) is 16.1. The SMILES string of the molecule is O=C(CCc1ccccc1Cl)NNC(=O)COc1ccc(Br)cc1Cl. The van der Waals surface area contributed by atoms with Gasteiger partial charge >= 0.3 is 0 Å². The second-order valence-electron chi connectivity index (χ2n) is 5.05. The Morgan fingerprint density at radius 1 is 1.00 bits per heavy atom. The molecule has 0 aliphatic rings. The second-order valence-corrected chi connectivity index (χ2v) is 6.78. The van der Waals surface area contributed by atoms with Crippen LogP contribution in [0.25, 0.3) is 0 Å². The predicted molar refractivity (Wildman–Crippen MR) is 101 cm³/mol. The van der Waals surface area contributed by atoms with Gasteiger partial charge in [-0.3, -0.25) is 20.4 Å². The third kappa shape index (κ3) is 6.57. The number of aryl methyl sites for hydroxylation is 1. The van der Waals surface area contributed by atoms with Crippen LogP contribution >= 0.6 is 39.1 Å². The van der Waals surface area contributed by atoms with Gasteiger partial charge < -0.3 is 4.74 Å². The minimum atomic E-state index is -0.495. The lowest BCUT2D eigenvalue weighted by molar-refractivity contribution is -0.130. The molecular formula is C17H15BrCl2N2O3. The molecule has 0 radical (unpaired) electrons. The molecule has 0 bridgehead atoms. The highest BCUT2D eigenvalue weighted by Gasteiger charge is 2.09. The number of nitrogens with one attached hydrogen (secondary N) is 2. The second kappa shape index (κ2) is 9.65. The van der Waals surface area contributed by atoms with Crippen LogP contribution in [0.1, 0.15) is 12.0 Å². The molecule has 2 aromatic carbocycles. The number of hydrazine groups is 1. The summed E-state index contributed by atoms with van der Waals surface area (Å²) in [6.07, 6.45) is 0.676. The molecule has 0 spiro atoms. The number of hydrogen-bond donors (Lipinski definition) is 2. The van der Waals surface area contributed by atoms with E-state index in [4.69, 9.17) is 27.9 Å². The van der Waals surface area contributed by atoms with Crippen LogP contribution in [0.3, 0.4) is 0 Å². The van der Waals surface area contributed by atoms with Gasteiger partial charge in [0.2, 0.25) is 5.91 Å². The number of amides is 2. The molecule has 0 fully saturated rings. The first-order valence-electron chi connectivity index (χ1n) is 7.34. The Hall–Kier alpha value is -1.76. The van der Waals surface area contributed by atoms with Crippen molar-refractivity contribution in [3.63, 3.8) is 0 Å². The molecule has 132 valence electrons. The molecule has 2 N–H and O–H groups in total. The van der Waals surface area contributed by atoms with Crippen LogP contribution in [-0.4, -0.2) is 18.4 Å². The Morgan fingerprint density at radius 3 is 2.44 bits per heavy atom. The van der Waals surface area contributed by atoms with Crippen molar-refractivity contribution in [2.75, 3.05) is 6.61 Å². The fourth-order valence-electron chi connectivity index (χ4n) is 1.92. The maximum atomic E-state index is 11.8. The predicted octanol–water partition coefficient (Wildman–Crippen LogP) is 3.91. The van der Waals surface area contributed by atoms with Crippen LogP contribution in [0.5, 0.6) is 5.75 Å². The van der Waals surface area contributed by atoms with E-state index in [1.165, 1.54) is 0 Å². The summed E-state index contributed by atoms with van der Waals surface area (Å²) in [7, 11) is 0. The molecular weight excluding hydrogens is 431 g/mol. The van der Waals surface area contributed by atoms with E-state index in [-0.39, 0.29) is 18.9 Å². The fraction of sp³-hybridized carbons (Fsp3) is 0.176. The van der Waals surface area contributed by atoms with E-state index in [9.17, 15) is 9.59 Å². The number of halogens is 3. The van der Waals surface area contributed by atoms with E-state index < -0.39 is 5.91 Å². The molecule has 2 aromatic rings. The van der Waals surface area contributed by atoms with Crippen molar-refractivity contribution in [3.05, 3.63) is 62.5 Å². The van der Waals surface area contributed by atoms with Crippen LogP contribution in [0.4, 0.5) is 0 Å². The molecule has 8 heteroatoms. The van der Waals surface area contributed by atoms with Gasteiger partial charge in [0, 0.05) is 15.9 Å². The number of carbonyl (C=O) groups excluding carboxylic acids is 2. The van der Waals surface area contributed by atoms with E-state index in [1.807, 2.05) is 18.2 Å². The van der Waals surface area contributed by atoms with Gasteiger partial charge in [0.05, 0.1) is 5.02 Å². The molecule has 2 rings (SSSR count). The monoisotopic (exact) mass is 444 g/mol. The summed E-state index contributed by atoms with van der Waals surface area (Å²) in [6, 6.07) is 12.3. The first kappa shape index (κ1) is 19.6. The van der Waals surface area contributed by atoms with Crippen molar-refractivity contribution in [2.45, 2.75) is 12.8 Å². The Bertz CT molecular complexity index is 771. The zero-order valence-electron chi connectivity index (χ0n) is 13.0. The zero-order chi connectivity index (χ0) is 18.2. The Morgan fingerprint density at radius 2 is 1.72 bits per heavy atom. The Balaban J connectivity index is 1.70. The van der Waals surface area contributed by atoms with Crippen LogP contribution in [-0.2, 0) is 16.0 Å². The van der Waals surface area contributed by atoms with Gasteiger partial charge in [-0.15, -0.1) is 0 Å². The molecule has 0 saturated carbocycles. The largest absolute Gasteiger partial charge is 0.482 e. The standard InChI is InChI=1S/C17H15BrCl2N2O3/c18-12-6-7-15(14(20)9-12)25-10-17(24)22-21-16(23)8-5-11-3-1-2-4-13(11)19/h1-4,6-7,9H,5,8,10H2,(H,21,23)(H,22,24). The number of hydrogen-bond acceptors (Lipinski definition) is 3. The number of ether oxygens (including phenoxy) is 1. The quantitative estimate of drug-likeness (QED) is 0.662. The van der Waals surface area contributed by atoms with Crippen molar-refractivity contribution < 1.29 is 14.3 Å². The minimum absolute atomic E-state index is 0.198. The van der Waals surface area contributed by atoms with Crippen molar-refractivity contribution in [1.82, 2.24) is 10.9 Å². The highest BCUT2D eigenvalue weighted by molar-refractivity contribution is 9.10. The molecule has 0 atom stereocenters. The van der Waals surface area contributed by atoms with Crippen molar-refractivity contribution in [1.29, 1.82) is 0 Å². The molecule has 0 unspecified atom stereocenters. The van der Waals surface area contributed by atoms with E-state index in [1.54, 1.807) is 24.3 Å². The number of carbonyl (C=O) groups is 2. The number of benzene rings is 2. The Labute approximate surface area is 163 Å². The average molecular weight is 446 g/mol.